The van der Waals surface area contributed by atoms with Crippen LogP contribution >= 0.6 is 23.5 Å². The van der Waals surface area contributed by atoms with Crippen molar-refractivity contribution >= 4 is 29.4 Å². The molecule has 0 amide bonds. The van der Waals surface area contributed by atoms with Crippen LogP contribution < -0.4 is 5.73 Å². The molecule has 3 unspecified atom stereocenters. The fourth-order valence-electron chi connectivity index (χ4n) is 5.07. The van der Waals surface area contributed by atoms with E-state index in [1.165, 1.54) is 0 Å². The zero-order chi connectivity index (χ0) is 23.5. The third kappa shape index (κ3) is 3.47. The molecule has 2 N–H and O–H groups in total. The van der Waals surface area contributed by atoms with Crippen LogP contribution in [0, 0.1) is 33.5 Å². The summed E-state index contributed by atoms with van der Waals surface area (Å²) in [4.78, 5) is 4.90. The Hall–Kier alpha value is -2.41. The molecule has 1 saturated carbocycles. The summed E-state index contributed by atoms with van der Waals surface area (Å²) in [6.07, 6.45) is 4.26. The average Bonchev–Trinajstić information content (AvgIpc) is 3.43. The van der Waals surface area contributed by atoms with Gasteiger partial charge in [-0.15, -0.1) is 23.5 Å². The van der Waals surface area contributed by atoms with E-state index < -0.39 is 15.0 Å². The van der Waals surface area contributed by atoms with Crippen molar-refractivity contribution in [1.29, 1.82) is 10.5 Å². The fourth-order valence-corrected chi connectivity index (χ4v) is 8.75. The van der Waals surface area contributed by atoms with Gasteiger partial charge in [0.2, 0.25) is 0 Å². The van der Waals surface area contributed by atoms with Gasteiger partial charge in [0.05, 0.1) is 12.1 Å². The van der Waals surface area contributed by atoms with Crippen molar-refractivity contribution in [3.8, 4) is 23.3 Å². The normalized spacial score (nSPS) is 26.7. The summed E-state index contributed by atoms with van der Waals surface area (Å²) < 4.78 is -0.741. The van der Waals surface area contributed by atoms with Gasteiger partial charge in [0, 0.05) is 5.92 Å². The lowest BCUT2D eigenvalue weighted by atomic mass is 9.97. The lowest BCUT2D eigenvalue weighted by Crippen LogP contribution is -2.32. The van der Waals surface area contributed by atoms with Crippen LogP contribution in [-0.2, 0) is 0 Å². The van der Waals surface area contributed by atoms with Gasteiger partial charge in [-0.05, 0) is 41.0 Å². The third-order valence-electron chi connectivity index (χ3n) is 6.87. The highest BCUT2D eigenvalue weighted by atomic mass is 32.2. The summed E-state index contributed by atoms with van der Waals surface area (Å²) in [5.41, 5.74) is 7.75. The number of nitrogens with two attached hydrogens (primary N) is 1. The van der Waals surface area contributed by atoms with E-state index in [0.29, 0.717) is 5.84 Å². The van der Waals surface area contributed by atoms with Crippen LogP contribution in [0.1, 0.15) is 51.0 Å². The lowest BCUT2D eigenvalue weighted by Gasteiger charge is -2.32. The molecule has 1 aliphatic heterocycles. The minimum absolute atomic E-state index is 0.273. The first-order valence-corrected chi connectivity index (χ1v) is 13.7. The molecule has 3 atom stereocenters. The number of hydrogen-bond acceptors (Lipinski definition) is 6. The van der Waals surface area contributed by atoms with Gasteiger partial charge in [-0.1, -0.05) is 81.3 Å². The largest absolute Gasteiger partial charge is 0.386 e. The smallest absolute Gasteiger partial charge is 0.175 e. The summed E-state index contributed by atoms with van der Waals surface area (Å²) in [5, 5.41) is 21.0. The fraction of sp³-hybridized carbons (Fsp3) is 0.444. The molecule has 170 valence electrons. The highest BCUT2D eigenvalue weighted by Gasteiger charge is 2.91. The van der Waals surface area contributed by atoms with Crippen molar-refractivity contribution in [3.05, 3.63) is 60.2 Å². The Morgan fingerprint density at radius 2 is 1.45 bits per heavy atom. The summed E-state index contributed by atoms with van der Waals surface area (Å²) in [6.45, 7) is 4.33. The number of thioether (sulfide) groups is 2. The van der Waals surface area contributed by atoms with Crippen LogP contribution in [0.3, 0.4) is 0 Å². The SMILES string of the molecule is CCCCSC1(SCCCC)N=C(N)C2(C#N)C(c3ccc(-c4ccccc4)cc3)C12C#N. The monoisotopic (exact) mass is 474 g/mol. The minimum Gasteiger partial charge on any atom is -0.386 e. The molecule has 2 aliphatic rings. The van der Waals surface area contributed by atoms with Gasteiger partial charge in [0.25, 0.3) is 0 Å². The highest BCUT2D eigenvalue weighted by molar-refractivity contribution is 8.18. The van der Waals surface area contributed by atoms with E-state index in [-0.39, 0.29) is 5.92 Å². The maximum Gasteiger partial charge on any atom is 0.175 e. The lowest BCUT2D eigenvalue weighted by molar-refractivity contribution is 0.562. The maximum atomic E-state index is 10.6. The summed E-state index contributed by atoms with van der Waals surface area (Å²) in [6, 6.07) is 23.6. The number of unbranched alkanes of at least 4 members (excludes halogenated alkanes) is 2. The molecule has 4 nitrogen and oxygen atoms in total. The number of nitriles is 2. The molecule has 2 aromatic rings. The van der Waals surface area contributed by atoms with Gasteiger partial charge < -0.3 is 5.73 Å². The second kappa shape index (κ2) is 9.45. The van der Waals surface area contributed by atoms with Gasteiger partial charge in [0.1, 0.15) is 16.7 Å². The molecule has 1 fully saturated rings. The van der Waals surface area contributed by atoms with Crippen LogP contribution in [0.4, 0.5) is 0 Å². The number of nitrogens with zero attached hydrogens (tertiary/aromatic N) is 3. The number of fused-ring (bicyclic) bond motifs is 1. The van der Waals surface area contributed by atoms with Crippen LogP contribution in [0.2, 0.25) is 0 Å². The average molecular weight is 475 g/mol. The Kier molecular flexibility index (Phi) is 6.80. The van der Waals surface area contributed by atoms with Crippen molar-refractivity contribution in [2.45, 2.75) is 49.7 Å². The first-order valence-electron chi connectivity index (χ1n) is 11.7. The molecule has 0 saturated heterocycles. The van der Waals surface area contributed by atoms with Crippen molar-refractivity contribution in [2.24, 2.45) is 21.6 Å². The summed E-state index contributed by atoms with van der Waals surface area (Å²) in [7, 11) is 0. The molecule has 4 rings (SSSR count). The first kappa shape index (κ1) is 23.7. The minimum atomic E-state index is -1.06. The Labute approximate surface area is 205 Å². The number of aliphatic imine (C=N–C) groups is 1. The molecule has 0 spiro atoms. The Bertz CT molecular complexity index is 1090. The highest BCUT2D eigenvalue weighted by Crippen LogP contribution is 2.85. The predicted octanol–water partition coefficient (Wildman–Crippen LogP) is 6.56. The second-order valence-corrected chi connectivity index (χ2v) is 11.6. The van der Waals surface area contributed by atoms with E-state index >= 15 is 0 Å². The van der Waals surface area contributed by atoms with Gasteiger partial charge in [0.15, 0.2) is 4.20 Å². The van der Waals surface area contributed by atoms with Crippen LogP contribution in [-0.4, -0.2) is 21.5 Å². The van der Waals surface area contributed by atoms with Crippen molar-refractivity contribution in [3.63, 3.8) is 0 Å². The van der Waals surface area contributed by atoms with Gasteiger partial charge in [-0.25, -0.2) is 4.99 Å². The van der Waals surface area contributed by atoms with Crippen LogP contribution in [0.15, 0.2) is 59.6 Å². The number of hydrogen-bond donors (Lipinski definition) is 1. The van der Waals surface area contributed by atoms with E-state index in [1.807, 2.05) is 18.2 Å². The molecular weight excluding hydrogens is 444 g/mol. The van der Waals surface area contributed by atoms with E-state index in [2.05, 4.69) is 62.4 Å². The molecule has 0 radical (unpaired) electrons. The summed E-state index contributed by atoms with van der Waals surface area (Å²) >= 11 is 3.44. The van der Waals surface area contributed by atoms with Crippen molar-refractivity contribution in [2.75, 3.05) is 11.5 Å². The van der Waals surface area contributed by atoms with Crippen LogP contribution in [0.25, 0.3) is 11.1 Å². The van der Waals surface area contributed by atoms with Gasteiger partial charge in [-0.3, -0.25) is 0 Å². The first-order chi connectivity index (χ1) is 16.1. The molecule has 33 heavy (non-hydrogen) atoms. The molecule has 1 aliphatic carbocycles. The zero-order valence-electron chi connectivity index (χ0n) is 19.3. The molecular formula is C27H30N4S2. The maximum absolute atomic E-state index is 10.6. The number of amidine groups is 1. The Morgan fingerprint density at radius 1 is 0.879 bits per heavy atom. The second-order valence-electron chi connectivity index (χ2n) is 8.74. The quantitative estimate of drug-likeness (QED) is 0.311. The molecule has 2 aromatic carbocycles. The third-order valence-corrected chi connectivity index (χ3v) is 10.2. The van der Waals surface area contributed by atoms with E-state index in [0.717, 1.165) is 53.9 Å². The van der Waals surface area contributed by atoms with Gasteiger partial charge in [-0.2, -0.15) is 10.5 Å². The standard InChI is InChI=1S/C27H30N4S2/c1-3-5-16-32-27(33-17-6-4-2)26(19-29)23(25(26,18-28)24(30)31-27)22-14-12-21(13-15-22)20-10-8-7-9-11-20/h7-15,23H,3-6,16-17H2,1-2H3,(H2,30,31). The number of rotatable bonds is 10. The Morgan fingerprint density at radius 3 is 1.97 bits per heavy atom. The van der Waals surface area contributed by atoms with Crippen molar-refractivity contribution in [1.82, 2.24) is 0 Å². The predicted molar refractivity (Wildman–Crippen MR) is 140 cm³/mol. The molecule has 0 aromatic heterocycles. The van der Waals surface area contributed by atoms with E-state index in [9.17, 15) is 10.5 Å². The molecule has 6 heteroatoms. The van der Waals surface area contributed by atoms with Crippen molar-refractivity contribution < 1.29 is 0 Å². The Balaban J connectivity index is 1.75. The summed E-state index contributed by atoms with van der Waals surface area (Å²) in [5.74, 6) is 1.86. The number of benzene rings is 2. The van der Waals surface area contributed by atoms with E-state index in [1.54, 1.807) is 23.5 Å². The topological polar surface area (TPSA) is 86.0 Å². The molecule has 1 heterocycles. The van der Waals surface area contributed by atoms with E-state index in [4.69, 9.17) is 10.7 Å². The van der Waals surface area contributed by atoms with Gasteiger partial charge >= 0.3 is 0 Å². The van der Waals surface area contributed by atoms with Crippen LogP contribution in [0.5, 0.6) is 0 Å². The zero-order valence-corrected chi connectivity index (χ0v) is 20.9. The molecule has 0 bridgehead atoms.